The van der Waals surface area contributed by atoms with Gasteiger partial charge in [-0.05, 0) is 6.42 Å². The van der Waals surface area contributed by atoms with Crippen LogP contribution in [0, 0.1) is 0 Å². The monoisotopic (exact) mass is 196 g/mol. The zero-order valence-electron chi connectivity index (χ0n) is 6.21. The van der Waals surface area contributed by atoms with Crippen LogP contribution in [0.5, 0.6) is 0 Å². The van der Waals surface area contributed by atoms with Crippen LogP contribution in [0.2, 0.25) is 0 Å². The van der Waals surface area contributed by atoms with E-state index in [4.69, 9.17) is 16.3 Å². The minimum absolute atomic E-state index is 0.895. The van der Waals surface area contributed by atoms with E-state index < -0.39 is 5.47 Å². The Hall–Kier alpha value is 0.960. The van der Waals surface area contributed by atoms with Crippen molar-refractivity contribution in [3.8, 4) is 0 Å². The summed E-state index contributed by atoms with van der Waals surface area (Å²) in [4.78, 5) is 0. The van der Waals surface area contributed by atoms with Crippen molar-refractivity contribution in [2.24, 2.45) is 0 Å². The van der Waals surface area contributed by atoms with Gasteiger partial charge in [0.15, 0.2) is 0 Å². The van der Waals surface area contributed by atoms with Crippen LogP contribution in [-0.2, 0) is 16.3 Å². The number of hydrogen-bond donors (Lipinski definition) is 0. The van der Waals surface area contributed by atoms with Gasteiger partial charge in [0.05, 0.1) is 6.61 Å². The van der Waals surface area contributed by atoms with E-state index in [1.807, 2.05) is 11.4 Å². The Bertz CT molecular complexity index is 139. The lowest BCUT2D eigenvalue weighted by Crippen LogP contribution is -1.84. The van der Waals surface area contributed by atoms with E-state index >= 15 is 0 Å². The summed E-state index contributed by atoms with van der Waals surface area (Å²) in [5.41, 5.74) is -1.34. The summed E-state index contributed by atoms with van der Waals surface area (Å²) in [7, 11) is 0. The van der Waals surface area contributed by atoms with E-state index in [0.717, 1.165) is 18.5 Å². The van der Waals surface area contributed by atoms with Crippen molar-refractivity contribution in [2.75, 3.05) is 18.5 Å². The maximum absolute atomic E-state index is 5.53. The molecule has 60 valence electrons. The number of rotatable bonds is 3. The summed E-state index contributed by atoms with van der Waals surface area (Å²) >= 11 is 7.27. The van der Waals surface area contributed by atoms with Crippen molar-refractivity contribution >= 4 is 28.7 Å². The van der Waals surface area contributed by atoms with Crippen molar-refractivity contribution in [1.29, 1.82) is 0 Å². The Morgan fingerprint density at radius 3 is 3.00 bits per heavy atom. The van der Waals surface area contributed by atoms with Crippen molar-refractivity contribution in [3.63, 3.8) is 0 Å². The van der Waals surface area contributed by atoms with Crippen molar-refractivity contribution in [2.45, 2.75) is 19.8 Å². The SMILES string of the molecule is CCCCP1(=S)OCCS1. The quantitative estimate of drug-likeness (QED) is 0.642. The van der Waals surface area contributed by atoms with Crippen LogP contribution >= 0.6 is 16.8 Å². The number of unbranched alkanes of at least 4 members (excludes halogenated alkanes) is 1. The zero-order valence-corrected chi connectivity index (χ0v) is 8.73. The van der Waals surface area contributed by atoms with Gasteiger partial charge in [-0.3, -0.25) is 0 Å². The van der Waals surface area contributed by atoms with Crippen molar-refractivity contribution < 1.29 is 4.52 Å². The van der Waals surface area contributed by atoms with Gasteiger partial charge in [0.2, 0.25) is 0 Å². The summed E-state index contributed by atoms with van der Waals surface area (Å²) in [6.45, 7) is 3.09. The Morgan fingerprint density at radius 1 is 1.70 bits per heavy atom. The van der Waals surface area contributed by atoms with Gasteiger partial charge in [0.1, 0.15) is 5.47 Å². The second-order valence-corrected chi connectivity index (χ2v) is 9.96. The highest BCUT2D eigenvalue weighted by Gasteiger charge is 2.22. The minimum Gasteiger partial charge on any atom is -0.340 e. The first-order valence-electron chi connectivity index (χ1n) is 3.65. The molecule has 0 aromatic carbocycles. The molecule has 0 aromatic rings. The molecule has 0 N–H and O–H groups in total. The average Bonchev–Trinajstić information content (AvgIpc) is 2.33. The molecular weight excluding hydrogens is 183 g/mol. The molecular formula is C6H13OPS2. The highest BCUT2D eigenvalue weighted by molar-refractivity contribution is 8.69. The molecule has 1 atom stereocenters. The largest absolute Gasteiger partial charge is 0.340 e. The Balaban J connectivity index is 2.29. The summed E-state index contributed by atoms with van der Waals surface area (Å²) in [5.74, 6) is 1.13. The molecule has 1 nitrogen and oxygen atoms in total. The second kappa shape index (κ2) is 4.10. The van der Waals surface area contributed by atoms with E-state index in [0.29, 0.717) is 0 Å². The van der Waals surface area contributed by atoms with Crippen LogP contribution in [-0.4, -0.2) is 18.5 Å². The fourth-order valence-electron chi connectivity index (χ4n) is 0.871. The minimum atomic E-state index is -1.34. The number of hydrogen-bond acceptors (Lipinski definition) is 3. The summed E-state index contributed by atoms with van der Waals surface area (Å²) in [5, 5.41) is 0. The first-order valence-corrected chi connectivity index (χ1v) is 8.14. The molecule has 4 heteroatoms. The highest BCUT2D eigenvalue weighted by Crippen LogP contribution is 2.64. The molecule has 10 heavy (non-hydrogen) atoms. The second-order valence-electron chi connectivity index (χ2n) is 2.35. The molecule has 0 spiro atoms. The zero-order chi connectivity index (χ0) is 7.45. The van der Waals surface area contributed by atoms with Crippen LogP contribution in [0.1, 0.15) is 19.8 Å². The third-order valence-electron chi connectivity index (χ3n) is 1.44. The first-order chi connectivity index (χ1) is 4.77. The van der Waals surface area contributed by atoms with Gasteiger partial charge >= 0.3 is 0 Å². The Labute approximate surface area is 71.7 Å². The van der Waals surface area contributed by atoms with E-state index in [1.54, 1.807) is 0 Å². The third kappa shape index (κ3) is 2.54. The summed E-state index contributed by atoms with van der Waals surface area (Å²) in [6, 6.07) is 0. The van der Waals surface area contributed by atoms with Crippen molar-refractivity contribution in [1.82, 2.24) is 0 Å². The van der Waals surface area contributed by atoms with Crippen LogP contribution in [0.3, 0.4) is 0 Å². The predicted molar refractivity (Wildman–Crippen MR) is 52.5 cm³/mol. The molecule has 0 amide bonds. The van der Waals surface area contributed by atoms with Gasteiger partial charge in [0, 0.05) is 11.9 Å². The summed E-state index contributed by atoms with van der Waals surface area (Å²) in [6.07, 6.45) is 3.62. The summed E-state index contributed by atoms with van der Waals surface area (Å²) < 4.78 is 5.53. The van der Waals surface area contributed by atoms with Crippen LogP contribution in [0.4, 0.5) is 0 Å². The third-order valence-corrected chi connectivity index (χ3v) is 8.03. The lowest BCUT2D eigenvalue weighted by Gasteiger charge is -2.11. The lowest BCUT2D eigenvalue weighted by molar-refractivity contribution is 0.397. The van der Waals surface area contributed by atoms with E-state index in [9.17, 15) is 0 Å². The van der Waals surface area contributed by atoms with Gasteiger partial charge < -0.3 is 4.52 Å². The van der Waals surface area contributed by atoms with Crippen LogP contribution in [0.15, 0.2) is 0 Å². The Kier molecular flexibility index (Phi) is 3.71. The smallest absolute Gasteiger partial charge is 0.119 e. The molecule has 1 aliphatic heterocycles. The molecule has 0 bridgehead atoms. The fourth-order valence-corrected chi connectivity index (χ4v) is 6.40. The van der Waals surface area contributed by atoms with E-state index in [-0.39, 0.29) is 0 Å². The standard InChI is InChI=1S/C6H13OPS2/c1-2-3-5-8(9)7-4-6-10-8/h2-6H2,1H3. The van der Waals surface area contributed by atoms with Gasteiger partial charge in [-0.25, -0.2) is 0 Å². The molecule has 0 saturated carbocycles. The molecule has 1 saturated heterocycles. The maximum atomic E-state index is 5.53. The topological polar surface area (TPSA) is 9.23 Å². The fraction of sp³-hybridized carbons (Fsp3) is 1.00. The van der Waals surface area contributed by atoms with Crippen molar-refractivity contribution in [3.05, 3.63) is 0 Å². The molecule has 0 aliphatic carbocycles. The van der Waals surface area contributed by atoms with Gasteiger partial charge in [-0.2, -0.15) is 0 Å². The molecule has 1 unspecified atom stereocenters. The van der Waals surface area contributed by atoms with Crippen LogP contribution < -0.4 is 0 Å². The van der Waals surface area contributed by atoms with E-state index in [2.05, 4.69) is 6.92 Å². The maximum Gasteiger partial charge on any atom is 0.119 e. The van der Waals surface area contributed by atoms with Gasteiger partial charge in [-0.15, -0.1) is 0 Å². The van der Waals surface area contributed by atoms with Gasteiger partial charge in [-0.1, -0.05) is 36.5 Å². The molecule has 1 heterocycles. The molecule has 0 radical (unpaired) electrons. The molecule has 1 fully saturated rings. The molecule has 1 aliphatic rings. The normalized spacial score (nSPS) is 32.9. The molecule has 0 aromatic heterocycles. The molecule has 1 rings (SSSR count). The first kappa shape index (κ1) is 9.05. The van der Waals surface area contributed by atoms with Gasteiger partial charge in [0.25, 0.3) is 0 Å². The average molecular weight is 196 g/mol. The van der Waals surface area contributed by atoms with Crippen LogP contribution in [0.25, 0.3) is 0 Å². The highest BCUT2D eigenvalue weighted by atomic mass is 32.9. The predicted octanol–water partition coefficient (Wildman–Crippen LogP) is 2.86. The lowest BCUT2D eigenvalue weighted by atomic mass is 10.4. The van der Waals surface area contributed by atoms with E-state index in [1.165, 1.54) is 12.8 Å². The Morgan fingerprint density at radius 2 is 2.50 bits per heavy atom.